The molecule has 0 fully saturated rings. The first kappa shape index (κ1) is 12.4. The van der Waals surface area contributed by atoms with Gasteiger partial charge in [0.2, 0.25) is 5.60 Å². The maximum atomic E-state index is 12.7. The molecule has 2 rings (SSSR count). The lowest BCUT2D eigenvalue weighted by Crippen LogP contribution is -2.41. The Kier molecular flexibility index (Phi) is 2.70. The van der Waals surface area contributed by atoms with Gasteiger partial charge in [0.15, 0.2) is 5.76 Å². The molecule has 1 aliphatic rings. The van der Waals surface area contributed by atoms with E-state index in [0.29, 0.717) is 31.3 Å². The summed E-state index contributed by atoms with van der Waals surface area (Å²) in [5.41, 5.74) is -3.03. The van der Waals surface area contributed by atoms with Crippen LogP contribution in [0.25, 0.3) is 0 Å². The van der Waals surface area contributed by atoms with Crippen LogP contribution < -0.4 is 5.32 Å². The minimum atomic E-state index is -4.78. The smallest absolute Gasteiger partial charge is 0.375 e. The second-order valence-electron chi connectivity index (χ2n) is 4.47. The van der Waals surface area contributed by atoms with Crippen LogP contribution in [0.3, 0.4) is 0 Å². The van der Waals surface area contributed by atoms with E-state index in [1.807, 2.05) is 0 Å². The summed E-state index contributed by atoms with van der Waals surface area (Å²) in [4.78, 5) is 0. The zero-order chi connectivity index (χ0) is 12.8. The van der Waals surface area contributed by atoms with Crippen molar-refractivity contribution in [3.63, 3.8) is 0 Å². The van der Waals surface area contributed by atoms with E-state index in [2.05, 4.69) is 10.5 Å². The van der Waals surface area contributed by atoms with Crippen molar-refractivity contribution in [1.29, 1.82) is 0 Å². The van der Waals surface area contributed by atoms with Crippen molar-refractivity contribution in [3.05, 3.63) is 17.0 Å². The zero-order valence-electron chi connectivity index (χ0n) is 9.43. The second-order valence-corrected chi connectivity index (χ2v) is 4.47. The molecule has 1 aliphatic heterocycles. The molecule has 2 N–H and O–H groups in total. The van der Waals surface area contributed by atoms with Crippen molar-refractivity contribution in [1.82, 2.24) is 10.5 Å². The number of aromatic nitrogens is 1. The largest absolute Gasteiger partial charge is 0.422 e. The maximum Gasteiger partial charge on any atom is 0.422 e. The Hall–Kier alpha value is -1.08. The topological polar surface area (TPSA) is 58.3 Å². The van der Waals surface area contributed by atoms with E-state index in [9.17, 15) is 18.3 Å². The number of nitrogens with zero attached hydrogens (tertiary/aromatic N) is 1. The van der Waals surface area contributed by atoms with Crippen LogP contribution in [0.2, 0.25) is 0 Å². The molecular formula is C10H13F3N2O2. The number of nitrogens with one attached hydrogen (secondary N) is 1. The summed E-state index contributed by atoms with van der Waals surface area (Å²) in [5.74, 6) is 0.192. The van der Waals surface area contributed by atoms with Crippen LogP contribution in [-0.2, 0) is 12.1 Å². The van der Waals surface area contributed by atoms with E-state index in [1.165, 1.54) is 0 Å². The molecule has 1 unspecified atom stereocenters. The number of halogens is 3. The van der Waals surface area contributed by atoms with E-state index in [4.69, 9.17) is 4.52 Å². The van der Waals surface area contributed by atoms with Crippen LogP contribution in [0.5, 0.6) is 0 Å². The molecule has 0 spiro atoms. The molecule has 1 aromatic rings. The highest BCUT2D eigenvalue weighted by Crippen LogP contribution is 2.42. The monoisotopic (exact) mass is 250 g/mol. The van der Waals surface area contributed by atoms with Crippen LogP contribution in [0.1, 0.15) is 36.8 Å². The molecule has 0 aliphatic carbocycles. The highest BCUT2D eigenvalue weighted by atomic mass is 19.4. The number of alkyl halides is 3. The predicted octanol–water partition coefficient (Wildman–Crippen LogP) is 1.65. The van der Waals surface area contributed by atoms with Crippen molar-refractivity contribution >= 4 is 0 Å². The van der Waals surface area contributed by atoms with Crippen LogP contribution in [0, 0.1) is 0 Å². The van der Waals surface area contributed by atoms with Crippen molar-refractivity contribution < 1.29 is 22.8 Å². The predicted molar refractivity (Wildman–Crippen MR) is 52.3 cm³/mol. The highest BCUT2D eigenvalue weighted by Gasteiger charge is 2.55. The number of hydrogen-bond donors (Lipinski definition) is 2. The Morgan fingerprint density at radius 3 is 2.71 bits per heavy atom. The molecule has 7 heteroatoms. The maximum absolute atomic E-state index is 12.7. The van der Waals surface area contributed by atoms with E-state index in [-0.39, 0.29) is 5.92 Å². The fraction of sp³-hybridized carbons (Fsp3) is 0.700. The molecule has 0 radical (unpaired) electrons. The number of aliphatic hydroxyl groups is 1. The van der Waals surface area contributed by atoms with E-state index < -0.39 is 17.5 Å². The first-order chi connectivity index (χ1) is 7.75. The minimum Gasteiger partial charge on any atom is -0.375 e. The van der Waals surface area contributed by atoms with Gasteiger partial charge in [0.25, 0.3) is 0 Å². The normalized spacial score (nSPS) is 24.2. The summed E-state index contributed by atoms with van der Waals surface area (Å²) in [6, 6.07) is 0. The Morgan fingerprint density at radius 1 is 1.47 bits per heavy atom. The van der Waals surface area contributed by atoms with Gasteiger partial charge in [-0.1, -0.05) is 12.1 Å². The SMILES string of the molecule is C[C@H]1CNCc2onc(C(C)(O)C(F)(F)F)c21. The van der Waals surface area contributed by atoms with Gasteiger partial charge in [-0.3, -0.25) is 0 Å². The Labute approximate surface area is 95.8 Å². The summed E-state index contributed by atoms with van der Waals surface area (Å²) in [6.07, 6.45) is -4.78. The molecule has 1 aromatic heterocycles. The number of fused-ring (bicyclic) bond motifs is 1. The van der Waals surface area contributed by atoms with Crippen LogP contribution in [0.15, 0.2) is 4.52 Å². The Morgan fingerprint density at radius 2 is 2.12 bits per heavy atom. The lowest BCUT2D eigenvalue weighted by atomic mass is 9.88. The van der Waals surface area contributed by atoms with Gasteiger partial charge in [-0.2, -0.15) is 13.2 Å². The van der Waals surface area contributed by atoms with Crippen LogP contribution in [-0.4, -0.2) is 23.0 Å². The summed E-state index contributed by atoms with van der Waals surface area (Å²) < 4.78 is 43.1. The Bertz CT molecular complexity index is 426. The molecular weight excluding hydrogens is 237 g/mol. The second kappa shape index (κ2) is 3.71. The van der Waals surface area contributed by atoms with Crippen molar-refractivity contribution in [2.24, 2.45) is 0 Å². The molecule has 2 atom stereocenters. The average molecular weight is 250 g/mol. The number of hydrogen-bond acceptors (Lipinski definition) is 4. The third-order valence-corrected chi connectivity index (χ3v) is 3.04. The molecule has 0 saturated carbocycles. The fourth-order valence-corrected chi connectivity index (χ4v) is 1.96. The molecule has 0 amide bonds. The van der Waals surface area contributed by atoms with Crippen molar-refractivity contribution in [2.75, 3.05) is 6.54 Å². The minimum absolute atomic E-state index is 0.172. The molecule has 0 saturated heterocycles. The summed E-state index contributed by atoms with van der Waals surface area (Å²) in [7, 11) is 0. The third kappa shape index (κ3) is 1.83. The van der Waals surface area contributed by atoms with Gasteiger partial charge in [-0.15, -0.1) is 0 Å². The van der Waals surface area contributed by atoms with Gasteiger partial charge >= 0.3 is 6.18 Å². The number of rotatable bonds is 1. The van der Waals surface area contributed by atoms with Crippen molar-refractivity contribution in [3.8, 4) is 0 Å². The van der Waals surface area contributed by atoms with Crippen molar-refractivity contribution in [2.45, 2.75) is 38.1 Å². The average Bonchev–Trinajstić information content (AvgIpc) is 2.61. The Balaban J connectivity index is 2.51. The third-order valence-electron chi connectivity index (χ3n) is 3.04. The van der Waals surface area contributed by atoms with E-state index in [0.717, 1.165) is 0 Å². The highest BCUT2D eigenvalue weighted by molar-refractivity contribution is 5.33. The summed E-state index contributed by atoms with van der Waals surface area (Å²) in [5, 5.41) is 16.0. The first-order valence-corrected chi connectivity index (χ1v) is 5.24. The summed E-state index contributed by atoms with van der Waals surface area (Å²) >= 11 is 0. The lowest BCUT2D eigenvalue weighted by Gasteiger charge is -2.27. The molecule has 0 aromatic carbocycles. The fourth-order valence-electron chi connectivity index (χ4n) is 1.96. The van der Waals surface area contributed by atoms with E-state index >= 15 is 0 Å². The lowest BCUT2D eigenvalue weighted by molar-refractivity contribution is -0.261. The standard InChI is InChI=1S/C10H13F3N2O2/c1-5-3-14-4-6-7(5)8(15-17-6)9(2,16)10(11,12)13/h5,14,16H,3-4H2,1-2H3/t5-,9?/m0/s1. The van der Waals surface area contributed by atoms with Gasteiger partial charge in [0, 0.05) is 12.1 Å². The quantitative estimate of drug-likeness (QED) is 0.795. The van der Waals surface area contributed by atoms with Gasteiger partial charge in [-0.05, 0) is 12.8 Å². The first-order valence-electron chi connectivity index (χ1n) is 5.24. The van der Waals surface area contributed by atoms with Gasteiger partial charge in [0.05, 0.1) is 6.54 Å². The van der Waals surface area contributed by atoms with Gasteiger partial charge in [0.1, 0.15) is 5.69 Å². The molecule has 96 valence electrons. The van der Waals surface area contributed by atoms with Gasteiger partial charge in [-0.25, -0.2) is 0 Å². The zero-order valence-corrected chi connectivity index (χ0v) is 9.43. The van der Waals surface area contributed by atoms with Gasteiger partial charge < -0.3 is 14.9 Å². The molecule has 2 heterocycles. The molecule has 4 nitrogen and oxygen atoms in total. The van der Waals surface area contributed by atoms with E-state index in [1.54, 1.807) is 6.92 Å². The van der Waals surface area contributed by atoms with Crippen LogP contribution >= 0.6 is 0 Å². The molecule has 17 heavy (non-hydrogen) atoms. The van der Waals surface area contributed by atoms with Crippen LogP contribution in [0.4, 0.5) is 13.2 Å². The molecule has 0 bridgehead atoms. The summed E-state index contributed by atoms with van der Waals surface area (Å²) in [6.45, 7) is 3.33.